The SMILES string of the molecule is O=C(NCc1ccccc1)c1sc(Nc2cccc(F)c2)nc1-c1ccccc1. The van der Waals surface area contributed by atoms with Crippen LogP contribution in [0.15, 0.2) is 84.9 Å². The quantitative estimate of drug-likeness (QED) is 0.439. The van der Waals surface area contributed by atoms with Crippen LogP contribution in [0.4, 0.5) is 15.2 Å². The maximum Gasteiger partial charge on any atom is 0.264 e. The third kappa shape index (κ3) is 4.67. The number of halogens is 1. The van der Waals surface area contributed by atoms with E-state index in [9.17, 15) is 9.18 Å². The average Bonchev–Trinajstić information content (AvgIpc) is 3.17. The smallest absolute Gasteiger partial charge is 0.264 e. The van der Waals surface area contributed by atoms with Crippen LogP contribution in [-0.4, -0.2) is 10.9 Å². The molecule has 4 rings (SSSR count). The van der Waals surface area contributed by atoms with Gasteiger partial charge >= 0.3 is 0 Å². The van der Waals surface area contributed by atoms with Gasteiger partial charge in [-0.3, -0.25) is 4.79 Å². The van der Waals surface area contributed by atoms with Gasteiger partial charge in [-0.2, -0.15) is 0 Å². The normalized spacial score (nSPS) is 10.5. The number of carbonyl (C=O) groups is 1. The molecule has 1 heterocycles. The number of rotatable bonds is 6. The van der Waals surface area contributed by atoms with Gasteiger partial charge in [-0.25, -0.2) is 9.37 Å². The summed E-state index contributed by atoms with van der Waals surface area (Å²) in [7, 11) is 0. The summed E-state index contributed by atoms with van der Waals surface area (Å²) < 4.78 is 13.5. The summed E-state index contributed by atoms with van der Waals surface area (Å²) in [6.07, 6.45) is 0. The van der Waals surface area contributed by atoms with E-state index in [4.69, 9.17) is 0 Å². The zero-order valence-electron chi connectivity index (χ0n) is 15.4. The highest BCUT2D eigenvalue weighted by Gasteiger charge is 2.19. The molecule has 0 fully saturated rings. The molecule has 0 aliphatic heterocycles. The van der Waals surface area contributed by atoms with Crippen LogP contribution < -0.4 is 10.6 Å². The molecule has 4 aromatic rings. The molecule has 144 valence electrons. The molecule has 0 bridgehead atoms. The van der Waals surface area contributed by atoms with Crippen molar-refractivity contribution in [2.45, 2.75) is 6.54 Å². The van der Waals surface area contributed by atoms with E-state index in [-0.39, 0.29) is 11.7 Å². The van der Waals surface area contributed by atoms with Crippen molar-refractivity contribution in [2.24, 2.45) is 0 Å². The third-order valence-corrected chi connectivity index (χ3v) is 5.22. The van der Waals surface area contributed by atoms with Gasteiger partial charge in [-0.05, 0) is 23.8 Å². The molecule has 29 heavy (non-hydrogen) atoms. The first kappa shape index (κ1) is 18.8. The Balaban J connectivity index is 1.62. The number of anilines is 2. The Morgan fingerprint density at radius 1 is 0.931 bits per heavy atom. The number of nitrogens with zero attached hydrogens (tertiary/aromatic N) is 1. The summed E-state index contributed by atoms with van der Waals surface area (Å²) in [5, 5.41) is 6.57. The van der Waals surface area contributed by atoms with E-state index in [0.717, 1.165) is 11.1 Å². The lowest BCUT2D eigenvalue weighted by Gasteiger charge is -2.05. The number of amides is 1. The third-order valence-electron chi connectivity index (χ3n) is 4.25. The molecule has 1 amide bonds. The molecule has 0 saturated carbocycles. The van der Waals surface area contributed by atoms with Crippen LogP contribution in [0.2, 0.25) is 0 Å². The largest absolute Gasteiger partial charge is 0.347 e. The number of carbonyl (C=O) groups excluding carboxylic acids is 1. The minimum absolute atomic E-state index is 0.197. The van der Waals surface area contributed by atoms with Gasteiger partial charge in [-0.15, -0.1) is 0 Å². The van der Waals surface area contributed by atoms with Crippen molar-refractivity contribution in [3.63, 3.8) is 0 Å². The summed E-state index contributed by atoms with van der Waals surface area (Å²) in [5.74, 6) is -0.534. The molecule has 0 spiro atoms. The molecule has 0 radical (unpaired) electrons. The Labute approximate surface area is 172 Å². The lowest BCUT2D eigenvalue weighted by Crippen LogP contribution is -2.22. The van der Waals surface area contributed by atoms with E-state index in [1.54, 1.807) is 12.1 Å². The Morgan fingerprint density at radius 2 is 1.66 bits per heavy atom. The van der Waals surface area contributed by atoms with Crippen molar-refractivity contribution < 1.29 is 9.18 Å². The van der Waals surface area contributed by atoms with E-state index in [2.05, 4.69) is 15.6 Å². The fourth-order valence-electron chi connectivity index (χ4n) is 2.87. The molecule has 4 nitrogen and oxygen atoms in total. The van der Waals surface area contributed by atoms with Gasteiger partial charge in [0.05, 0.1) is 5.69 Å². The number of aromatic nitrogens is 1. The van der Waals surface area contributed by atoms with Crippen LogP contribution in [0.1, 0.15) is 15.2 Å². The number of nitrogens with one attached hydrogen (secondary N) is 2. The molecule has 0 atom stereocenters. The first-order valence-corrected chi connectivity index (χ1v) is 9.91. The number of hydrogen-bond donors (Lipinski definition) is 2. The standard InChI is InChI=1S/C23H18FN3OS/c24-18-12-7-13-19(14-18)26-23-27-20(17-10-5-2-6-11-17)21(29-23)22(28)25-15-16-8-3-1-4-9-16/h1-14H,15H2,(H,25,28)(H,26,27). The zero-order valence-corrected chi connectivity index (χ0v) is 16.2. The number of hydrogen-bond acceptors (Lipinski definition) is 4. The monoisotopic (exact) mass is 403 g/mol. The summed E-state index contributed by atoms with van der Waals surface area (Å²) in [6, 6.07) is 25.4. The Bertz CT molecular complexity index is 1110. The molecule has 1 aromatic heterocycles. The molecule has 0 saturated heterocycles. The Morgan fingerprint density at radius 3 is 2.38 bits per heavy atom. The van der Waals surface area contributed by atoms with Gasteiger partial charge in [0.1, 0.15) is 10.7 Å². The molecule has 0 aliphatic carbocycles. The second-order valence-electron chi connectivity index (χ2n) is 6.37. The summed E-state index contributed by atoms with van der Waals surface area (Å²) in [4.78, 5) is 18.0. The van der Waals surface area contributed by atoms with Crippen LogP contribution >= 0.6 is 11.3 Å². The van der Waals surface area contributed by atoms with Gasteiger partial charge in [0.15, 0.2) is 5.13 Å². The van der Waals surface area contributed by atoms with Crippen molar-refractivity contribution in [3.8, 4) is 11.3 Å². The fourth-order valence-corrected chi connectivity index (χ4v) is 3.79. The van der Waals surface area contributed by atoms with Gasteiger partial charge in [0, 0.05) is 17.8 Å². The predicted octanol–water partition coefficient (Wildman–Crippen LogP) is 5.62. The molecule has 0 aliphatic rings. The van der Waals surface area contributed by atoms with Crippen molar-refractivity contribution in [3.05, 3.63) is 101 Å². The summed E-state index contributed by atoms with van der Waals surface area (Å²) in [5.41, 5.74) is 3.04. The van der Waals surface area contributed by atoms with Crippen LogP contribution in [0, 0.1) is 5.82 Å². The Kier molecular flexibility index (Phi) is 5.63. The minimum atomic E-state index is -0.337. The maximum absolute atomic E-state index is 13.5. The van der Waals surface area contributed by atoms with Crippen LogP contribution in [0.3, 0.4) is 0 Å². The van der Waals surface area contributed by atoms with Gasteiger partial charge in [0.2, 0.25) is 0 Å². The molecular weight excluding hydrogens is 385 g/mol. The van der Waals surface area contributed by atoms with E-state index in [1.165, 1.54) is 23.5 Å². The van der Waals surface area contributed by atoms with Crippen molar-refractivity contribution in [2.75, 3.05) is 5.32 Å². The average molecular weight is 403 g/mol. The second-order valence-corrected chi connectivity index (χ2v) is 7.37. The van der Waals surface area contributed by atoms with Crippen molar-refractivity contribution in [1.29, 1.82) is 0 Å². The minimum Gasteiger partial charge on any atom is -0.347 e. The fraction of sp³-hybridized carbons (Fsp3) is 0.0435. The van der Waals surface area contributed by atoms with Crippen LogP contribution in [0.25, 0.3) is 11.3 Å². The van der Waals surface area contributed by atoms with Gasteiger partial charge in [0.25, 0.3) is 5.91 Å². The predicted molar refractivity (Wildman–Crippen MR) is 115 cm³/mol. The van der Waals surface area contributed by atoms with Gasteiger partial charge in [-0.1, -0.05) is 78.1 Å². The van der Waals surface area contributed by atoms with Gasteiger partial charge < -0.3 is 10.6 Å². The highest BCUT2D eigenvalue weighted by molar-refractivity contribution is 7.18. The van der Waals surface area contributed by atoms with Crippen LogP contribution in [0.5, 0.6) is 0 Å². The Hall–Kier alpha value is -3.51. The topological polar surface area (TPSA) is 54.0 Å². The summed E-state index contributed by atoms with van der Waals surface area (Å²) >= 11 is 1.24. The first-order chi connectivity index (χ1) is 14.2. The molecule has 2 N–H and O–H groups in total. The highest BCUT2D eigenvalue weighted by Crippen LogP contribution is 2.32. The second kappa shape index (κ2) is 8.67. The molecule has 0 unspecified atom stereocenters. The maximum atomic E-state index is 13.5. The van der Waals surface area contributed by atoms with E-state index >= 15 is 0 Å². The van der Waals surface area contributed by atoms with E-state index in [0.29, 0.717) is 27.9 Å². The summed E-state index contributed by atoms with van der Waals surface area (Å²) in [6.45, 7) is 0.429. The first-order valence-electron chi connectivity index (χ1n) is 9.10. The molecule has 6 heteroatoms. The molecular formula is C23H18FN3OS. The zero-order chi connectivity index (χ0) is 20.1. The molecule has 3 aromatic carbocycles. The number of benzene rings is 3. The number of thiazole rings is 1. The van der Waals surface area contributed by atoms with E-state index < -0.39 is 0 Å². The highest BCUT2D eigenvalue weighted by atomic mass is 32.1. The lowest BCUT2D eigenvalue weighted by atomic mass is 10.1. The van der Waals surface area contributed by atoms with Crippen LogP contribution in [-0.2, 0) is 6.54 Å². The lowest BCUT2D eigenvalue weighted by molar-refractivity contribution is 0.0955. The van der Waals surface area contributed by atoms with Crippen molar-refractivity contribution >= 4 is 28.1 Å². The van der Waals surface area contributed by atoms with Crippen molar-refractivity contribution in [1.82, 2.24) is 10.3 Å². The van der Waals surface area contributed by atoms with E-state index in [1.807, 2.05) is 60.7 Å².